The Morgan fingerprint density at radius 3 is 2.75 bits per heavy atom. The predicted molar refractivity (Wildman–Crippen MR) is 93.3 cm³/mol. The monoisotopic (exact) mass is 358 g/mol. The van der Waals surface area contributed by atoms with Crippen molar-refractivity contribution in [1.82, 2.24) is 14.4 Å². The zero-order valence-electron chi connectivity index (χ0n) is 12.5. The van der Waals surface area contributed by atoms with E-state index in [0.29, 0.717) is 16.5 Å². The Labute approximate surface area is 144 Å². The molecule has 0 aliphatic rings. The minimum Gasteiger partial charge on any atom is -0.297 e. The van der Waals surface area contributed by atoms with Crippen LogP contribution in [0.4, 0.5) is 9.52 Å². The van der Waals surface area contributed by atoms with Crippen molar-refractivity contribution in [1.29, 1.82) is 0 Å². The molecule has 3 aromatic heterocycles. The van der Waals surface area contributed by atoms with Crippen LogP contribution in [0.3, 0.4) is 0 Å². The Bertz CT molecular complexity index is 1000. The molecule has 0 aliphatic heterocycles. The van der Waals surface area contributed by atoms with Crippen LogP contribution in [0.15, 0.2) is 42.0 Å². The van der Waals surface area contributed by atoms with Crippen molar-refractivity contribution < 1.29 is 9.18 Å². The number of halogens is 1. The van der Waals surface area contributed by atoms with E-state index in [4.69, 9.17) is 0 Å². The highest BCUT2D eigenvalue weighted by molar-refractivity contribution is 7.17. The highest BCUT2D eigenvalue weighted by Gasteiger charge is 2.14. The van der Waals surface area contributed by atoms with Gasteiger partial charge in [-0.3, -0.25) is 14.5 Å². The smallest absolute Gasteiger partial charge is 0.277 e. The Kier molecular flexibility index (Phi) is 3.62. The molecule has 5 nitrogen and oxygen atoms in total. The van der Waals surface area contributed by atoms with E-state index in [1.54, 1.807) is 18.3 Å². The van der Waals surface area contributed by atoms with Crippen molar-refractivity contribution in [3.63, 3.8) is 0 Å². The fraction of sp³-hybridized carbons (Fsp3) is 0.0625. The third-order valence-electron chi connectivity index (χ3n) is 3.37. The van der Waals surface area contributed by atoms with Crippen LogP contribution in [-0.4, -0.2) is 20.3 Å². The van der Waals surface area contributed by atoms with Crippen molar-refractivity contribution in [2.75, 3.05) is 5.32 Å². The van der Waals surface area contributed by atoms with E-state index in [9.17, 15) is 9.18 Å². The predicted octanol–water partition coefficient (Wildman–Crippen LogP) is 4.22. The van der Waals surface area contributed by atoms with E-state index >= 15 is 0 Å². The summed E-state index contributed by atoms with van der Waals surface area (Å²) in [7, 11) is 0. The van der Waals surface area contributed by atoms with Crippen molar-refractivity contribution >= 4 is 38.7 Å². The fourth-order valence-corrected chi connectivity index (χ4v) is 3.79. The Morgan fingerprint density at radius 2 is 2.00 bits per heavy atom. The summed E-state index contributed by atoms with van der Waals surface area (Å²) in [5, 5.41) is 5.04. The van der Waals surface area contributed by atoms with Gasteiger partial charge in [0.15, 0.2) is 10.1 Å². The van der Waals surface area contributed by atoms with Gasteiger partial charge in [-0.25, -0.2) is 14.4 Å². The van der Waals surface area contributed by atoms with Gasteiger partial charge < -0.3 is 0 Å². The molecule has 0 saturated heterocycles. The van der Waals surface area contributed by atoms with Crippen molar-refractivity contribution in [2.45, 2.75) is 6.92 Å². The third-order valence-corrected chi connectivity index (χ3v) is 5.04. The average Bonchev–Trinajstić information content (AvgIpc) is 3.22. The molecule has 0 bridgehead atoms. The van der Waals surface area contributed by atoms with Crippen LogP contribution in [-0.2, 0) is 0 Å². The number of benzene rings is 1. The first-order valence-electron chi connectivity index (χ1n) is 7.06. The molecule has 0 fully saturated rings. The lowest BCUT2D eigenvalue weighted by Crippen LogP contribution is -2.12. The molecule has 1 amide bonds. The molecule has 24 heavy (non-hydrogen) atoms. The Balaban J connectivity index is 1.53. The number of aromatic nitrogens is 3. The molecule has 1 aromatic carbocycles. The van der Waals surface area contributed by atoms with Crippen molar-refractivity contribution in [3.05, 3.63) is 58.4 Å². The number of aryl methyl sites for hydroxylation is 1. The van der Waals surface area contributed by atoms with Gasteiger partial charge in [-0.15, -0.1) is 22.7 Å². The molecule has 0 saturated carbocycles. The number of carbonyl (C=O) groups excluding carboxylic acids is 1. The first-order chi connectivity index (χ1) is 11.6. The number of amides is 1. The van der Waals surface area contributed by atoms with E-state index < -0.39 is 0 Å². The molecular formula is C16H11FN4OS2. The summed E-state index contributed by atoms with van der Waals surface area (Å²) in [6.45, 7) is 1.99. The second-order valence-corrected chi connectivity index (χ2v) is 7.23. The van der Waals surface area contributed by atoms with Crippen LogP contribution < -0.4 is 5.32 Å². The van der Waals surface area contributed by atoms with Crippen LogP contribution in [0, 0.1) is 12.7 Å². The number of rotatable bonds is 3. The lowest BCUT2D eigenvalue weighted by molar-refractivity contribution is 0.102. The molecule has 4 rings (SSSR count). The summed E-state index contributed by atoms with van der Waals surface area (Å²) >= 11 is 2.84. The lowest BCUT2D eigenvalue weighted by Gasteiger charge is -1.98. The van der Waals surface area contributed by atoms with Gasteiger partial charge in [-0.1, -0.05) is 0 Å². The third kappa shape index (κ3) is 2.81. The maximum Gasteiger partial charge on any atom is 0.277 e. The topological polar surface area (TPSA) is 59.3 Å². The molecule has 3 heterocycles. The van der Waals surface area contributed by atoms with Crippen LogP contribution >= 0.6 is 22.7 Å². The molecule has 0 aliphatic carbocycles. The number of carbonyl (C=O) groups is 1. The highest BCUT2D eigenvalue weighted by atomic mass is 32.1. The number of thiazole rings is 2. The van der Waals surface area contributed by atoms with Crippen LogP contribution in [0.25, 0.3) is 16.2 Å². The molecule has 0 radical (unpaired) electrons. The zero-order valence-corrected chi connectivity index (χ0v) is 14.1. The normalized spacial score (nSPS) is 11.1. The summed E-state index contributed by atoms with van der Waals surface area (Å²) in [6.07, 6.45) is 3.63. The molecule has 1 N–H and O–H groups in total. The number of hydrogen-bond donors (Lipinski definition) is 1. The first kappa shape index (κ1) is 15.0. The standard InChI is InChI=1S/C16H11FN4OS2/c1-9-6-21-7-12(19-16(21)24-9)14(22)20-15-18-13(8-23-15)10-2-4-11(17)5-3-10/h2-8H,1H3,(H,18,20,22). The quantitative estimate of drug-likeness (QED) is 0.596. The summed E-state index contributed by atoms with van der Waals surface area (Å²) in [6, 6.07) is 6.07. The number of nitrogens with one attached hydrogen (secondary N) is 1. The summed E-state index contributed by atoms with van der Waals surface area (Å²) < 4.78 is 14.8. The summed E-state index contributed by atoms with van der Waals surface area (Å²) in [5.74, 6) is -0.596. The minimum absolute atomic E-state index is 0.294. The largest absolute Gasteiger partial charge is 0.297 e. The molecule has 0 spiro atoms. The van der Waals surface area contributed by atoms with Gasteiger partial charge in [0.2, 0.25) is 0 Å². The van der Waals surface area contributed by atoms with E-state index in [2.05, 4.69) is 15.3 Å². The molecule has 4 aromatic rings. The lowest BCUT2D eigenvalue weighted by atomic mass is 10.2. The average molecular weight is 358 g/mol. The highest BCUT2D eigenvalue weighted by Crippen LogP contribution is 2.25. The molecular weight excluding hydrogens is 347 g/mol. The minimum atomic E-state index is -0.302. The molecule has 8 heteroatoms. The van der Waals surface area contributed by atoms with Crippen molar-refractivity contribution in [3.8, 4) is 11.3 Å². The van der Waals surface area contributed by atoms with Crippen molar-refractivity contribution in [2.24, 2.45) is 0 Å². The second kappa shape index (κ2) is 5.81. The van der Waals surface area contributed by atoms with Gasteiger partial charge in [-0.2, -0.15) is 0 Å². The van der Waals surface area contributed by atoms with E-state index in [-0.39, 0.29) is 11.7 Å². The van der Waals surface area contributed by atoms with Gasteiger partial charge in [0.25, 0.3) is 5.91 Å². The molecule has 120 valence electrons. The fourth-order valence-electron chi connectivity index (χ4n) is 2.27. The second-order valence-electron chi connectivity index (χ2n) is 5.16. The van der Waals surface area contributed by atoms with Gasteiger partial charge in [-0.05, 0) is 31.2 Å². The van der Waals surface area contributed by atoms with Gasteiger partial charge in [0, 0.05) is 28.2 Å². The number of anilines is 1. The van der Waals surface area contributed by atoms with Gasteiger partial charge in [0.05, 0.1) is 5.69 Å². The summed E-state index contributed by atoms with van der Waals surface area (Å²) in [4.78, 5) is 22.9. The van der Waals surface area contributed by atoms with Crippen LogP contribution in [0.5, 0.6) is 0 Å². The first-order valence-corrected chi connectivity index (χ1v) is 8.76. The van der Waals surface area contributed by atoms with Crippen LogP contribution in [0.1, 0.15) is 15.4 Å². The SMILES string of the molecule is Cc1cn2cc(C(=O)Nc3nc(-c4ccc(F)cc4)cs3)nc2s1. The zero-order chi connectivity index (χ0) is 16.7. The Hall–Kier alpha value is -2.58. The molecule has 0 unspecified atom stereocenters. The van der Waals surface area contributed by atoms with E-state index in [1.165, 1.54) is 34.8 Å². The van der Waals surface area contributed by atoms with Crippen LogP contribution in [0.2, 0.25) is 0 Å². The number of fused-ring (bicyclic) bond motifs is 1. The van der Waals surface area contributed by atoms with E-state index in [1.807, 2.05) is 22.9 Å². The van der Waals surface area contributed by atoms with E-state index in [0.717, 1.165) is 15.4 Å². The molecule has 0 atom stereocenters. The maximum absolute atomic E-state index is 13.0. The van der Waals surface area contributed by atoms with Gasteiger partial charge >= 0.3 is 0 Å². The van der Waals surface area contributed by atoms with Gasteiger partial charge in [0.1, 0.15) is 11.5 Å². The number of hydrogen-bond acceptors (Lipinski definition) is 5. The number of imidazole rings is 1. The summed E-state index contributed by atoms with van der Waals surface area (Å²) in [5.41, 5.74) is 1.84. The maximum atomic E-state index is 13.0. The Morgan fingerprint density at radius 1 is 1.21 bits per heavy atom. The number of nitrogens with zero attached hydrogens (tertiary/aromatic N) is 3.